The first-order chi connectivity index (χ1) is 9.10. The average Bonchev–Trinajstić information content (AvgIpc) is 3.24. The summed E-state index contributed by atoms with van der Waals surface area (Å²) < 4.78 is 4.82. The van der Waals surface area contributed by atoms with Gasteiger partial charge in [-0.05, 0) is 36.7 Å². The monoisotopic (exact) mass is 262 g/mol. The Morgan fingerprint density at radius 3 is 2.58 bits per heavy atom. The van der Waals surface area contributed by atoms with Gasteiger partial charge in [0.15, 0.2) is 0 Å². The van der Waals surface area contributed by atoms with Crippen LogP contribution < -0.4 is 0 Å². The fraction of sp³-hybridized carbons (Fsp3) is 0.562. The number of hydrogen-bond donors (Lipinski definition) is 1. The Kier molecular flexibility index (Phi) is 4.13. The van der Waals surface area contributed by atoms with Crippen molar-refractivity contribution >= 4 is 5.97 Å². The molecule has 1 aromatic rings. The fourth-order valence-corrected chi connectivity index (χ4v) is 2.73. The maximum absolute atomic E-state index is 11.8. The SMILES string of the molecule is CCC(C(=O)OC)c1cccc(C(C)C2CC2)c1O. The van der Waals surface area contributed by atoms with Gasteiger partial charge in [-0.2, -0.15) is 0 Å². The van der Waals surface area contributed by atoms with Crippen LogP contribution in [0, 0.1) is 5.92 Å². The van der Waals surface area contributed by atoms with E-state index in [0.29, 0.717) is 23.8 Å². The molecule has 0 heterocycles. The second-order valence-electron chi connectivity index (χ2n) is 5.40. The minimum absolute atomic E-state index is 0.277. The van der Waals surface area contributed by atoms with Crippen molar-refractivity contribution in [2.45, 2.75) is 44.9 Å². The van der Waals surface area contributed by atoms with Crippen molar-refractivity contribution < 1.29 is 14.6 Å². The molecule has 3 heteroatoms. The number of phenols is 1. The second-order valence-corrected chi connectivity index (χ2v) is 5.40. The van der Waals surface area contributed by atoms with Crippen molar-refractivity contribution in [2.75, 3.05) is 7.11 Å². The normalized spacial score (nSPS) is 17.8. The van der Waals surface area contributed by atoms with E-state index in [4.69, 9.17) is 4.74 Å². The van der Waals surface area contributed by atoms with Crippen molar-refractivity contribution in [3.8, 4) is 5.75 Å². The summed E-state index contributed by atoms with van der Waals surface area (Å²) >= 11 is 0. The molecule has 19 heavy (non-hydrogen) atoms. The Morgan fingerprint density at radius 2 is 2.05 bits per heavy atom. The van der Waals surface area contributed by atoms with E-state index < -0.39 is 0 Å². The number of para-hydroxylation sites is 1. The Bertz CT molecular complexity index is 463. The Morgan fingerprint density at radius 1 is 1.42 bits per heavy atom. The number of carbonyl (C=O) groups excluding carboxylic acids is 1. The van der Waals surface area contributed by atoms with Crippen LogP contribution in [0.1, 0.15) is 56.1 Å². The van der Waals surface area contributed by atoms with E-state index in [1.54, 1.807) is 0 Å². The van der Waals surface area contributed by atoms with Crippen LogP contribution in [0.3, 0.4) is 0 Å². The van der Waals surface area contributed by atoms with Crippen LogP contribution in [0.25, 0.3) is 0 Å². The van der Waals surface area contributed by atoms with Gasteiger partial charge in [0.1, 0.15) is 5.75 Å². The minimum Gasteiger partial charge on any atom is -0.507 e. The highest BCUT2D eigenvalue weighted by Crippen LogP contribution is 2.46. The molecule has 1 saturated carbocycles. The molecule has 1 aliphatic carbocycles. The average molecular weight is 262 g/mol. The number of aromatic hydroxyl groups is 1. The zero-order valence-corrected chi connectivity index (χ0v) is 11.8. The lowest BCUT2D eigenvalue weighted by Gasteiger charge is -2.19. The highest BCUT2D eigenvalue weighted by molar-refractivity contribution is 5.79. The van der Waals surface area contributed by atoms with Gasteiger partial charge in [0.2, 0.25) is 0 Å². The van der Waals surface area contributed by atoms with E-state index in [-0.39, 0.29) is 17.6 Å². The summed E-state index contributed by atoms with van der Waals surface area (Å²) in [7, 11) is 1.39. The van der Waals surface area contributed by atoms with Gasteiger partial charge in [0, 0.05) is 5.56 Å². The van der Waals surface area contributed by atoms with E-state index in [1.807, 2.05) is 25.1 Å². The summed E-state index contributed by atoms with van der Waals surface area (Å²) in [5.41, 5.74) is 1.65. The molecule has 1 N–H and O–H groups in total. The molecule has 0 aromatic heterocycles. The van der Waals surface area contributed by atoms with Crippen LogP contribution in [0.4, 0.5) is 0 Å². The zero-order chi connectivity index (χ0) is 14.0. The third-order valence-electron chi connectivity index (χ3n) is 4.19. The summed E-state index contributed by atoms with van der Waals surface area (Å²) in [6.45, 7) is 4.08. The van der Waals surface area contributed by atoms with E-state index in [2.05, 4.69) is 6.92 Å². The van der Waals surface area contributed by atoms with E-state index >= 15 is 0 Å². The number of hydrogen-bond acceptors (Lipinski definition) is 3. The number of esters is 1. The van der Waals surface area contributed by atoms with Crippen LogP contribution in [0.5, 0.6) is 5.75 Å². The zero-order valence-electron chi connectivity index (χ0n) is 11.8. The summed E-state index contributed by atoms with van der Waals surface area (Å²) in [6, 6.07) is 5.71. The topological polar surface area (TPSA) is 46.5 Å². The lowest BCUT2D eigenvalue weighted by Crippen LogP contribution is -2.14. The molecule has 3 nitrogen and oxygen atoms in total. The molecule has 0 amide bonds. The van der Waals surface area contributed by atoms with Gasteiger partial charge in [-0.15, -0.1) is 0 Å². The molecule has 0 aliphatic heterocycles. The third kappa shape index (κ3) is 2.75. The van der Waals surface area contributed by atoms with Crippen LogP contribution >= 0.6 is 0 Å². The van der Waals surface area contributed by atoms with Gasteiger partial charge >= 0.3 is 5.97 Å². The molecule has 2 unspecified atom stereocenters. The molecule has 0 radical (unpaired) electrons. The second kappa shape index (κ2) is 5.64. The standard InChI is InChI=1S/C16H22O3/c1-4-12(16(18)19-3)14-7-5-6-13(15(14)17)10(2)11-8-9-11/h5-7,10-12,17H,4,8-9H2,1-3H3. The highest BCUT2D eigenvalue weighted by atomic mass is 16.5. The molecule has 2 atom stereocenters. The van der Waals surface area contributed by atoms with Crippen molar-refractivity contribution in [1.29, 1.82) is 0 Å². The minimum atomic E-state index is -0.378. The number of methoxy groups -OCH3 is 1. The molecule has 1 fully saturated rings. The molecule has 104 valence electrons. The van der Waals surface area contributed by atoms with Crippen molar-refractivity contribution in [1.82, 2.24) is 0 Å². The Balaban J connectivity index is 2.35. The van der Waals surface area contributed by atoms with Crippen LogP contribution in [0.2, 0.25) is 0 Å². The number of phenolic OH excluding ortho intramolecular Hbond substituents is 1. The maximum Gasteiger partial charge on any atom is 0.313 e. The molecule has 0 saturated heterocycles. The molecule has 1 aromatic carbocycles. The summed E-state index contributed by atoms with van der Waals surface area (Å²) in [6.07, 6.45) is 3.10. The van der Waals surface area contributed by atoms with Crippen molar-refractivity contribution in [2.24, 2.45) is 5.92 Å². The highest BCUT2D eigenvalue weighted by Gasteiger charge is 2.32. The first-order valence-electron chi connectivity index (χ1n) is 6.99. The van der Waals surface area contributed by atoms with E-state index in [9.17, 15) is 9.90 Å². The quantitative estimate of drug-likeness (QED) is 0.825. The van der Waals surface area contributed by atoms with Gasteiger partial charge in [0.05, 0.1) is 13.0 Å². The molecule has 0 bridgehead atoms. The van der Waals surface area contributed by atoms with E-state index in [1.165, 1.54) is 20.0 Å². The smallest absolute Gasteiger partial charge is 0.313 e. The van der Waals surface area contributed by atoms with Crippen LogP contribution in [-0.4, -0.2) is 18.2 Å². The van der Waals surface area contributed by atoms with Crippen LogP contribution in [0.15, 0.2) is 18.2 Å². The first-order valence-corrected chi connectivity index (χ1v) is 6.99. The number of ether oxygens (including phenoxy) is 1. The van der Waals surface area contributed by atoms with Crippen LogP contribution in [-0.2, 0) is 9.53 Å². The molecular formula is C16H22O3. The summed E-state index contributed by atoms with van der Waals surface area (Å²) in [5, 5.41) is 10.5. The van der Waals surface area contributed by atoms with Crippen molar-refractivity contribution in [3.63, 3.8) is 0 Å². The maximum atomic E-state index is 11.8. The summed E-state index contributed by atoms with van der Waals surface area (Å²) in [4.78, 5) is 11.8. The van der Waals surface area contributed by atoms with Gasteiger partial charge in [-0.1, -0.05) is 32.0 Å². The van der Waals surface area contributed by atoms with Gasteiger partial charge in [-0.3, -0.25) is 4.79 Å². The van der Waals surface area contributed by atoms with Gasteiger partial charge in [-0.25, -0.2) is 0 Å². The predicted molar refractivity (Wildman–Crippen MR) is 74.3 cm³/mol. The third-order valence-corrected chi connectivity index (χ3v) is 4.19. The number of rotatable bonds is 5. The van der Waals surface area contributed by atoms with Gasteiger partial charge < -0.3 is 9.84 Å². The largest absolute Gasteiger partial charge is 0.507 e. The lowest BCUT2D eigenvalue weighted by molar-refractivity contribution is -0.142. The predicted octanol–water partition coefficient (Wildman–Crippen LogP) is 3.57. The fourth-order valence-electron chi connectivity index (χ4n) is 2.73. The number of carbonyl (C=O) groups is 1. The Hall–Kier alpha value is -1.51. The van der Waals surface area contributed by atoms with Gasteiger partial charge in [0.25, 0.3) is 0 Å². The first kappa shape index (κ1) is 13.9. The summed E-state index contributed by atoms with van der Waals surface area (Å²) in [5.74, 6) is 0.652. The molecule has 0 spiro atoms. The molecule has 2 rings (SSSR count). The molecular weight excluding hydrogens is 240 g/mol. The number of benzene rings is 1. The molecule has 1 aliphatic rings. The van der Waals surface area contributed by atoms with Crippen molar-refractivity contribution in [3.05, 3.63) is 29.3 Å². The lowest BCUT2D eigenvalue weighted by atomic mass is 9.88. The van der Waals surface area contributed by atoms with E-state index in [0.717, 1.165) is 5.56 Å². The Labute approximate surface area is 114 Å².